The van der Waals surface area contributed by atoms with Crippen LogP contribution in [0.2, 0.25) is 5.02 Å². The van der Waals surface area contributed by atoms with E-state index in [-0.39, 0.29) is 11.2 Å². The maximum Gasteiger partial charge on any atom is 0.127 e. The molecule has 0 aliphatic carbocycles. The molecule has 1 rings (SSSR count). The van der Waals surface area contributed by atoms with E-state index < -0.39 is 0 Å². The zero-order chi connectivity index (χ0) is 11.6. The van der Waals surface area contributed by atoms with Gasteiger partial charge >= 0.3 is 0 Å². The van der Waals surface area contributed by atoms with Crippen molar-refractivity contribution in [2.75, 3.05) is 5.33 Å². The molecule has 15 heavy (non-hydrogen) atoms. The van der Waals surface area contributed by atoms with Gasteiger partial charge in [0.05, 0.1) is 0 Å². The van der Waals surface area contributed by atoms with E-state index in [1.54, 1.807) is 6.92 Å². The first-order valence-electron chi connectivity index (χ1n) is 4.90. The summed E-state index contributed by atoms with van der Waals surface area (Å²) in [7, 11) is 0. The molecule has 0 heterocycles. The monoisotopic (exact) mass is 292 g/mol. The fraction of sp³-hybridized carbons (Fsp3) is 0.500. The molecule has 0 atom stereocenters. The highest BCUT2D eigenvalue weighted by Gasteiger charge is 2.23. The Kier molecular flexibility index (Phi) is 4.19. The summed E-state index contributed by atoms with van der Waals surface area (Å²) >= 11 is 9.49. The number of benzene rings is 1. The molecule has 0 saturated carbocycles. The summed E-state index contributed by atoms with van der Waals surface area (Å²) in [5.41, 5.74) is 1.64. The number of hydrogen-bond donors (Lipinski definition) is 0. The maximum atomic E-state index is 13.2. The van der Waals surface area contributed by atoms with Crippen molar-refractivity contribution in [2.45, 2.75) is 32.6 Å². The van der Waals surface area contributed by atoms with E-state index in [2.05, 4.69) is 29.8 Å². The number of aryl methyl sites for hydroxylation is 1. The highest BCUT2D eigenvalue weighted by atomic mass is 79.9. The van der Waals surface area contributed by atoms with E-state index >= 15 is 0 Å². The lowest BCUT2D eigenvalue weighted by atomic mass is 9.81. The Bertz CT molecular complexity index is 361. The Morgan fingerprint density at radius 3 is 2.53 bits per heavy atom. The third kappa shape index (κ3) is 2.94. The van der Waals surface area contributed by atoms with Crippen molar-refractivity contribution in [1.29, 1.82) is 0 Å². The van der Waals surface area contributed by atoms with Gasteiger partial charge in [0.25, 0.3) is 0 Å². The van der Waals surface area contributed by atoms with Crippen molar-refractivity contribution < 1.29 is 4.39 Å². The Hall–Kier alpha value is -0.0800. The van der Waals surface area contributed by atoms with Crippen molar-refractivity contribution in [3.8, 4) is 0 Å². The fourth-order valence-corrected chi connectivity index (χ4v) is 2.94. The summed E-state index contributed by atoms with van der Waals surface area (Å²) in [5.74, 6) is -0.238. The van der Waals surface area contributed by atoms with Gasteiger partial charge in [-0.1, -0.05) is 47.4 Å². The second-order valence-corrected chi connectivity index (χ2v) is 5.60. The topological polar surface area (TPSA) is 0 Å². The van der Waals surface area contributed by atoms with Gasteiger partial charge in [-0.05, 0) is 36.0 Å². The number of hydrogen-bond acceptors (Lipinski definition) is 0. The zero-order valence-corrected chi connectivity index (χ0v) is 11.5. The highest BCUT2D eigenvalue weighted by molar-refractivity contribution is 9.09. The summed E-state index contributed by atoms with van der Waals surface area (Å²) < 4.78 is 13.2. The molecule has 3 heteroatoms. The first kappa shape index (κ1) is 13.0. The molecule has 0 nitrogen and oxygen atoms in total. The predicted molar refractivity (Wildman–Crippen MR) is 67.6 cm³/mol. The van der Waals surface area contributed by atoms with Gasteiger partial charge in [0, 0.05) is 10.4 Å². The second-order valence-electron chi connectivity index (χ2n) is 4.40. The first-order valence-corrected chi connectivity index (χ1v) is 6.40. The van der Waals surface area contributed by atoms with Crippen LogP contribution in [0.5, 0.6) is 0 Å². The van der Waals surface area contributed by atoms with Crippen LogP contribution < -0.4 is 0 Å². The smallest absolute Gasteiger partial charge is 0.127 e. The van der Waals surface area contributed by atoms with E-state index in [0.29, 0.717) is 10.6 Å². The van der Waals surface area contributed by atoms with Gasteiger partial charge in [0.1, 0.15) is 5.82 Å². The quantitative estimate of drug-likeness (QED) is 0.699. The molecule has 0 saturated heterocycles. The predicted octanol–water partition coefficient (Wildman–Crippen LogP) is 4.85. The molecular weight excluding hydrogens is 278 g/mol. The molecule has 0 aliphatic rings. The molecule has 0 N–H and O–H groups in total. The van der Waals surface area contributed by atoms with Crippen molar-refractivity contribution in [2.24, 2.45) is 0 Å². The van der Waals surface area contributed by atoms with Gasteiger partial charge in [0.2, 0.25) is 0 Å². The zero-order valence-electron chi connectivity index (χ0n) is 9.20. The molecule has 0 radical (unpaired) electrons. The van der Waals surface area contributed by atoms with Gasteiger partial charge < -0.3 is 0 Å². The third-order valence-corrected chi connectivity index (χ3v) is 3.41. The van der Waals surface area contributed by atoms with E-state index in [9.17, 15) is 4.39 Å². The molecule has 0 aliphatic heterocycles. The number of alkyl halides is 1. The third-order valence-electron chi connectivity index (χ3n) is 2.70. The van der Waals surface area contributed by atoms with Gasteiger partial charge in [-0.15, -0.1) is 0 Å². The molecule has 1 aromatic carbocycles. The highest BCUT2D eigenvalue weighted by Crippen LogP contribution is 2.34. The van der Waals surface area contributed by atoms with Crippen LogP contribution in [-0.2, 0) is 5.41 Å². The lowest BCUT2D eigenvalue weighted by Gasteiger charge is -2.26. The minimum atomic E-state index is -0.238. The molecule has 0 unspecified atom stereocenters. The van der Waals surface area contributed by atoms with Crippen molar-refractivity contribution in [1.82, 2.24) is 0 Å². The molecule has 84 valence electrons. The number of halogens is 3. The summed E-state index contributed by atoms with van der Waals surface area (Å²) in [5, 5.41) is 1.43. The molecule has 0 aromatic heterocycles. The van der Waals surface area contributed by atoms with Crippen LogP contribution in [0.15, 0.2) is 12.1 Å². The molecule has 0 fully saturated rings. The second kappa shape index (κ2) is 4.84. The summed E-state index contributed by atoms with van der Waals surface area (Å²) in [6.45, 7) is 6.00. The SMILES string of the molecule is Cc1cc(C(C)(C)CCBr)c(Cl)cc1F. The van der Waals surface area contributed by atoms with Crippen LogP contribution in [0.4, 0.5) is 4.39 Å². The Morgan fingerprint density at radius 2 is 2.00 bits per heavy atom. The minimum Gasteiger partial charge on any atom is -0.207 e. The Morgan fingerprint density at radius 1 is 1.40 bits per heavy atom. The maximum absolute atomic E-state index is 13.2. The Labute approximate surface area is 104 Å². The van der Waals surface area contributed by atoms with Crippen LogP contribution >= 0.6 is 27.5 Å². The van der Waals surface area contributed by atoms with Gasteiger partial charge in [-0.2, -0.15) is 0 Å². The standard InChI is InChI=1S/C12H15BrClF/c1-8-6-9(10(14)7-11(8)15)12(2,3)4-5-13/h6-7H,4-5H2,1-3H3. The minimum absolute atomic E-state index is 0.0287. The average molecular weight is 294 g/mol. The average Bonchev–Trinajstić information content (AvgIpc) is 2.11. The van der Waals surface area contributed by atoms with Gasteiger partial charge in [-0.3, -0.25) is 0 Å². The van der Waals surface area contributed by atoms with Gasteiger partial charge in [0.15, 0.2) is 0 Å². The molecule has 0 amide bonds. The number of rotatable bonds is 3. The van der Waals surface area contributed by atoms with Crippen LogP contribution in [0, 0.1) is 12.7 Å². The van der Waals surface area contributed by atoms with E-state index in [1.807, 2.05) is 6.07 Å². The summed E-state index contributed by atoms with van der Waals surface area (Å²) in [4.78, 5) is 0. The Balaban J connectivity index is 3.19. The van der Waals surface area contributed by atoms with Gasteiger partial charge in [-0.25, -0.2) is 4.39 Å². The lowest BCUT2D eigenvalue weighted by Crippen LogP contribution is -2.18. The van der Waals surface area contributed by atoms with Crippen molar-refractivity contribution in [3.63, 3.8) is 0 Å². The molecule has 1 aromatic rings. The van der Waals surface area contributed by atoms with Crippen molar-refractivity contribution >= 4 is 27.5 Å². The normalized spacial score (nSPS) is 11.9. The summed E-state index contributed by atoms with van der Waals surface area (Å²) in [6, 6.07) is 3.25. The van der Waals surface area contributed by atoms with Crippen LogP contribution in [0.3, 0.4) is 0 Å². The molecule has 0 spiro atoms. The fourth-order valence-electron chi connectivity index (χ4n) is 1.55. The van der Waals surface area contributed by atoms with E-state index in [0.717, 1.165) is 17.3 Å². The molecular formula is C12H15BrClF. The van der Waals surface area contributed by atoms with Crippen LogP contribution in [0.25, 0.3) is 0 Å². The summed E-state index contributed by atoms with van der Waals surface area (Å²) in [6.07, 6.45) is 0.970. The van der Waals surface area contributed by atoms with Crippen LogP contribution in [0.1, 0.15) is 31.4 Å². The lowest BCUT2D eigenvalue weighted by molar-refractivity contribution is 0.509. The van der Waals surface area contributed by atoms with E-state index in [1.165, 1.54) is 6.07 Å². The largest absolute Gasteiger partial charge is 0.207 e. The molecule has 0 bridgehead atoms. The van der Waals surface area contributed by atoms with Crippen LogP contribution in [-0.4, -0.2) is 5.33 Å². The van der Waals surface area contributed by atoms with Crippen molar-refractivity contribution in [3.05, 3.63) is 34.1 Å². The van der Waals surface area contributed by atoms with E-state index in [4.69, 9.17) is 11.6 Å². The first-order chi connectivity index (χ1) is 6.88.